The van der Waals surface area contributed by atoms with Gasteiger partial charge in [-0.05, 0) is 26.0 Å². The molecule has 0 spiro atoms. The average molecular weight is 315 g/mol. The van der Waals surface area contributed by atoms with Crippen LogP contribution in [0.2, 0.25) is 0 Å². The largest absolute Gasteiger partial charge is 0.437 e. The van der Waals surface area contributed by atoms with Crippen molar-refractivity contribution in [2.45, 2.75) is 25.5 Å². The van der Waals surface area contributed by atoms with Crippen molar-refractivity contribution in [1.82, 2.24) is 4.98 Å². The van der Waals surface area contributed by atoms with Crippen molar-refractivity contribution in [3.05, 3.63) is 41.8 Å². The number of nitrogens with zero attached hydrogens (tertiary/aromatic N) is 3. The van der Waals surface area contributed by atoms with Crippen molar-refractivity contribution in [3.8, 4) is 6.07 Å². The third-order valence-electron chi connectivity index (χ3n) is 3.14. The molecule has 0 aliphatic heterocycles. The van der Waals surface area contributed by atoms with Crippen LogP contribution in [0.25, 0.3) is 0 Å². The summed E-state index contributed by atoms with van der Waals surface area (Å²) in [6, 6.07) is 11.4. The normalized spacial score (nSPS) is 10.2. The maximum Gasteiger partial charge on any atom is 0.256 e. The van der Waals surface area contributed by atoms with E-state index < -0.39 is 0 Å². The van der Waals surface area contributed by atoms with Gasteiger partial charge in [-0.3, -0.25) is 4.79 Å². The zero-order chi connectivity index (χ0) is 15.9. The Labute approximate surface area is 133 Å². The number of hydrogen-bond acceptors (Lipinski definition) is 5. The molecule has 0 saturated heterocycles. The minimum Gasteiger partial charge on any atom is -0.437 e. The molecule has 0 saturated carbocycles. The summed E-state index contributed by atoms with van der Waals surface area (Å²) < 4.78 is 5.46. The molecule has 6 heteroatoms. The van der Waals surface area contributed by atoms with Gasteiger partial charge in [0.15, 0.2) is 0 Å². The number of hydrogen-bond donors (Lipinski definition) is 0. The number of thioether (sulfide) groups is 1. The first-order valence-corrected chi connectivity index (χ1v) is 7.89. The van der Waals surface area contributed by atoms with Crippen molar-refractivity contribution in [1.29, 1.82) is 5.26 Å². The molecule has 2 aromatic rings. The fourth-order valence-corrected chi connectivity index (χ4v) is 2.66. The number of carbonyl (C=O) groups is 1. The van der Waals surface area contributed by atoms with Gasteiger partial charge in [0, 0.05) is 12.2 Å². The van der Waals surface area contributed by atoms with Gasteiger partial charge in [-0.2, -0.15) is 5.26 Å². The van der Waals surface area contributed by atoms with E-state index in [-0.39, 0.29) is 11.7 Å². The first kappa shape index (κ1) is 16.1. The summed E-state index contributed by atoms with van der Waals surface area (Å²) in [6.07, 6.45) is 0.294. The van der Waals surface area contributed by atoms with Gasteiger partial charge in [-0.25, -0.2) is 4.98 Å². The van der Waals surface area contributed by atoms with Gasteiger partial charge in [-0.15, -0.1) is 0 Å². The van der Waals surface area contributed by atoms with E-state index in [1.165, 1.54) is 11.8 Å². The lowest BCUT2D eigenvalue weighted by Crippen LogP contribution is -2.33. The van der Waals surface area contributed by atoms with Crippen LogP contribution in [-0.2, 0) is 4.79 Å². The number of oxazole rings is 1. The van der Waals surface area contributed by atoms with Crippen LogP contribution < -0.4 is 4.90 Å². The van der Waals surface area contributed by atoms with Crippen LogP contribution in [0.5, 0.6) is 0 Å². The molecule has 0 fully saturated rings. The Hall–Kier alpha value is -2.26. The van der Waals surface area contributed by atoms with Crippen LogP contribution in [-0.4, -0.2) is 23.2 Å². The molecule has 114 valence electrons. The van der Waals surface area contributed by atoms with Gasteiger partial charge >= 0.3 is 0 Å². The zero-order valence-corrected chi connectivity index (χ0v) is 13.4. The highest BCUT2D eigenvalue weighted by Crippen LogP contribution is 2.22. The Morgan fingerprint density at radius 2 is 2.09 bits per heavy atom. The number of nitriles is 1. The van der Waals surface area contributed by atoms with E-state index in [0.717, 1.165) is 17.1 Å². The van der Waals surface area contributed by atoms with Gasteiger partial charge in [0.2, 0.25) is 5.91 Å². The summed E-state index contributed by atoms with van der Waals surface area (Å²) in [7, 11) is 0. The Balaban J connectivity index is 2.04. The number of aromatic nitrogens is 1. The number of anilines is 1. The Morgan fingerprint density at radius 3 is 2.68 bits per heavy atom. The summed E-state index contributed by atoms with van der Waals surface area (Å²) in [5.74, 6) is 0.916. The third-order valence-corrected chi connectivity index (χ3v) is 3.96. The van der Waals surface area contributed by atoms with E-state index in [9.17, 15) is 4.79 Å². The summed E-state index contributed by atoms with van der Waals surface area (Å²) in [5, 5.41) is 9.26. The molecule has 5 nitrogen and oxygen atoms in total. The first-order chi connectivity index (χ1) is 10.6. The molecule has 0 radical (unpaired) electrons. The quantitative estimate of drug-likeness (QED) is 0.765. The minimum atomic E-state index is -0.0695. The molecule has 1 aromatic heterocycles. The average Bonchev–Trinajstić information content (AvgIpc) is 2.85. The van der Waals surface area contributed by atoms with E-state index in [0.29, 0.717) is 18.2 Å². The summed E-state index contributed by atoms with van der Waals surface area (Å²) in [6.45, 7) is 4.09. The highest BCUT2D eigenvalue weighted by molar-refractivity contribution is 7.99. The first-order valence-electron chi connectivity index (χ1n) is 6.91. The van der Waals surface area contributed by atoms with Crippen LogP contribution in [0.15, 0.2) is 40.0 Å². The lowest BCUT2D eigenvalue weighted by molar-refractivity contribution is -0.116. The van der Waals surface area contributed by atoms with Gasteiger partial charge < -0.3 is 9.32 Å². The molecule has 1 heterocycles. The van der Waals surface area contributed by atoms with Crippen LogP contribution in [0.3, 0.4) is 0 Å². The van der Waals surface area contributed by atoms with Gasteiger partial charge in [-0.1, -0.05) is 30.0 Å². The van der Waals surface area contributed by atoms with Crippen molar-refractivity contribution in [3.63, 3.8) is 0 Å². The van der Waals surface area contributed by atoms with Crippen molar-refractivity contribution in [2.75, 3.05) is 17.2 Å². The van der Waals surface area contributed by atoms with E-state index in [2.05, 4.69) is 11.1 Å². The van der Waals surface area contributed by atoms with E-state index >= 15 is 0 Å². The standard InChI is InChI=1S/C16H17N3O2S/c1-12-13(2)21-16(18-12)22-11-15(20)19(10-6-9-17)14-7-4-3-5-8-14/h3-5,7-8H,6,10-11H2,1-2H3. The fraction of sp³-hybridized carbons (Fsp3) is 0.312. The third kappa shape index (κ3) is 4.12. The van der Waals surface area contributed by atoms with E-state index in [4.69, 9.17) is 9.68 Å². The van der Waals surface area contributed by atoms with Crippen molar-refractivity contribution < 1.29 is 9.21 Å². The summed E-state index contributed by atoms with van der Waals surface area (Å²) >= 11 is 1.27. The van der Waals surface area contributed by atoms with E-state index in [1.54, 1.807) is 4.90 Å². The minimum absolute atomic E-state index is 0.0695. The lowest BCUT2D eigenvalue weighted by Gasteiger charge is -2.21. The second-order valence-electron chi connectivity index (χ2n) is 4.70. The molecule has 0 bridgehead atoms. The second kappa shape index (κ2) is 7.66. The summed E-state index contributed by atoms with van der Waals surface area (Å²) in [4.78, 5) is 18.3. The Kier molecular flexibility index (Phi) is 5.61. The molecule has 0 aliphatic carbocycles. The fourth-order valence-electron chi connectivity index (χ4n) is 1.87. The highest BCUT2D eigenvalue weighted by Gasteiger charge is 2.17. The number of benzene rings is 1. The number of aryl methyl sites for hydroxylation is 2. The van der Waals surface area contributed by atoms with E-state index in [1.807, 2.05) is 44.2 Å². The van der Waals surface area contributed by atoms with Crippen LogP contribution in [0.4, 0.5) is 5.69 Å². The predicted molar refractivity (Wildman–Crippen MR) is 85.7 cm³/mol. The van der Waals surface area contributed by atoms with Crippen molar-refractivity contribution >= 4 is 23.4 Å². The molecule has 1 amide bonds. The van der Waals surface area contributed by atoms with Crippen molar-refractivity contribution in [2.24, 2.45) is 0 Å². The topological polar surface area (TPSA) is 70.1 Å². The van der Waals surface area contributed by atoms with Crippen LogP contribution in [0, 0.1) is 25.2 Å². The molecule has 1 aromatic carbocycles. The van der Waals surface area contributed by atoms with Gasteiger partial charge in [0.1, 0.15) is 5.76 Å². The molecule has 2 rings (SSSR count). The monoisotopic (exact) mass is 315 g/mol. The maximum atomic E-state index is 12.4. The number of carbonyl (C=O) groups excluding carboxylic acids is 1. The molecule has 0 N–H and O–H groups in total. The van der Waals surface area contributed by atoms with Crippen LogP contribution >= 0.6 is 11.8 Å². The Bertz CT molecular complexity index is 657. The molecule has 0 aliphatic rings. The summed E-state index contributed by atoms with van der Waals surface area (Å²) in [5.41, 5.74) is 1.63. The predicted octanol–water partition coefficient (Wildman–Crippen LogP) is 3.33. The zero-order valence-electron chi connectivity index (χ0n) is 12.6. The molecule has 22 heavy (non-hydrogen) atoms. The lowest BCUT2D eigenvalue weighted by atomic mass is 10.2. The molecule has 0 atom stereocenters. The maximum absolute atomic E-state index is 12.4. The van der Waals surface area contributed by atoms with Crippen LogP contribution in [0.1, 0.15) is 17.9 Å². The van der Waals surface area contributed by atoms with Gasteiger partial charge in [0.25, 0.3) is 5.22 Å². The van der Waals surface area contributed by atoms with Gasteiger partial charge in [0.05, 0.1) is 23.9 Å². The smallest absolute Gasteiger partial charge is 0.256 e. The number of rotatable bonds is 6. The molecular formula is C16H17N3O2S. The number of para-hydroxylation sites is 1. The second-order valence-corrected chi connectivity index (χ2v) is 5.63. The SMILES string of the molecule is Cc1nc(SCC(=O)N(CCC#N)c2ccccc2)oc1C. The number of amides is 1. The Morgan fingerprint density at radius 1 is 1.36 bits per heavy atom. The highest BCUT2D eigenvalue weighted by atomic mass is 32.2. The molecular weight excluding hydrogens is 298 g/mol. The molecule has 0 unspecified atom stereocenters.